The third-order valence-corrected chi connectivity index (χ3v) is 5.50. The topological polar surface area (TPSA) is 70.7 Å². The summed E-state index contributed by atoms with van der Waals surface area (Å²) < 4.78 is 5.71. The Bertz CT molecular complexity index is 939. The van der Waals surface area contributed by atoms with Crippen LogP contribution >= 0.6 is 0 Å². The van der Waals surface area contributed by atoms with Gasteiger partial charge in [0, 0.05) is 30.9 Å². The molecule has 2 aliphatic heterocycles. The number of para-hydroxylation sites is 1. The summed E-state index contributed by atoms with van der Waals surface area (Å²) in [5.41, 5.74) is 2.86. The van der Waals surface area contributed by atoms with Gasteiger partial charge in [-0.3, -0.25) is 9.59 Å². The van der Waals surface area contributed by atoms with Gasteiger partial charge in [-0.2, -0.15) is 0 Å². The maximum absolute atomic E-state index is 12.5. The first-order valence-electron chi connectivity index (χ1n) is 10.2. The Morgan fingerprint density at radius 2 is 2.07 bits per heavy atom. The first-order chi connectivity index (χ1) is 13.9. The molecule has 0 saturated carbocycles. The van der Waals surface area contributed by atoms with Gasteiger partial charge in [0.2, 0.25) is 0 Å². The number of benzene rings is 2. The first-order valence-corrected chi connectivity index (χ1v) is 10.2. The number of nitrogens with zero attached hydrogens (tertiary/aromatic N) is 1. The number of rotatable bonds is 5. The summed E-state index contributed by atoms with van der Waals surface area (Å²) >= 11 is 0. The SMILES string of the molecule is CC1(C)Oc2ccc(C(=O)NCCCN3CCCc4ccccc43)cc2NC1=O. The summed E-state index contributed by atoms with van der Waals surface area (Å²) in [5.74, 6) is 0.213. The fourth-order valence-electron chi connectivity index (χ4n) is 3.87. The molecule has 2 aromatic carbocycles. The van der Waals surface area contributed by atoms with Crippen molar-refractivity contribution < 1.29 is 14.3 Å². The Labute approximate surface area is 171 Å². The van der Waals surface area contributed by atoms with Crippen molar-refractivity contribution in [3.63, 3.8) is 0 Å². The number of ether oxygens (including phenoxy) is 1. The van der Waals surface area contributed by atoms with Crippen LogP contribution in [0.25, 0.3) is 0 Å². The van der Waals surface area contributed by atoms with E-state index in [1.807, 2.05) is 0 Å². The molecule has 2 aliphatic rings. The lowest BCUT2D eigenvalue weighted by Gasteiger charge is -2.31. The standard InChI is InChI=1S/C23H27N3O3/c1-23(2)22(28)25-18-15-17(10-11-20(18)29-23)21(27)24-12-6-14-26-13-5-8-16-7-3-4-9-19(16)26/h3-4,7,9-11,15H,5-6,8,12-14H2,1-2H3,(H,24,27)(H,25,28). The van der Waals surface area contributed by atoms with Crippen LogP contribution < -0.4 is 20.3 Å². The molecule has 2 amide bonds. The zero-order valence-corrected chi connectivity index (χ0v) is 17.0. The van der Waals surface area contributed by atoms with Crippen LogP contribution in [0.2, 0.25) is 0 Å². The molecule has 0 radical (unpaired) electrons. The third kappa shape index (κ3) is 4.06. The highest BCUT2D eigenvalue weighted by molar-refractivity contribution is 6.02. The van der Waals surface area contributed by atoms with Gasteiger partial charge in [0.15, 0.2) is 5.60 Å². The molecule has 0 saturated heterocycles. The molecule has 0 aromatic heterocycles. The number of aryl methyl sites for hydroxylation is 1. The van der Waals surface area contributed by atoms with E-state index in [1.165, 1.54) is 17.7 Å². The number of hydrogen-bond donors (Lipinski definition) is 2. The molecule has 0 unspecified atom stereocenters. The van der Waals surface area contributed by atoms with Gasteiger partial charge in [0.1, 0.15) is 5.75 Å². The summed E-state index contributed by atoms with van der Waals surface area (Å²) in [4.78, 5) is 27.0. The van der Waals surface area contributed by atoms with Gasteiger partial charge >= 0.3 is 0 Å². The monoisotopic (exact) mass is 393 g/mol. The van der Waals surface area contributed by atoms with Crippen LogP contribution in [-0.2, 0) is 11.2 Å². The first kappa shape index (κ1) is 19.3. The smallest absolute Gasteiger partial charge is 0.268 e. The van der Waals surface area contributed by atoms with Crippen LogP contribution in [0.3, 0.4) is 0 Å². The minimum Gasteiger partial charge on any atom is -0.476 e. The molecule has 0 aliphatic carbocycles. The summed E-state index contributed by atoms with van der Waals surface area (Å²) in [7, 11) is 0. The molecule has 6 heteroatoms. The van der Waals surface area contributed by atoms with Crippen LogP contribution in [-0.4, -0.2) is 37.0 Å². The maximum Gasteiger partial charge on any atom is 0.268 e. The van der Waals surface area contributed by atoms with E-state index in [0.717, 1.165) is 25.9 Å². The van der Waals surface area contributed by atoms with E-state index in [-0.39, 0.29) is 11.8 Å². The molecule has 2 N–H and O–H groups in total. The highest BCUT2D eigenvalue weighted by Gasteiger charge is 2.35. The predicted octanol–water partition coefficient (Wildman–Crippen LogP) is 3.37. The number of anilines is 2. The van der Waals surface area contributed by atoms with Gasteiger partial charge in [0.25, 0.3) is 11.8 Å². The predicted molar refractivity (Wildman–Crippen MR) is 114 cm³/mol. The normalized spacial score (nSPS) is 16.9. The fraction of sp³-hybridized carbons (Fsp3) is 0.391. The number of carbonyl (C=O) groups excluding carboxylic acids is 2. The minimum absolute atomic E-state index is 0.147. The molecule has 0 bridgehead atoms. The quantitative estimate of drug-likeness (QED) is 0.764. The number of amides is 2. The molecule has 2 aromatic rings. The second-order valence-electron chi connectivity index (χ2n) is 8.11. The fourth-order valence-corrected chi connectivity index (χ4v) is 3.87. The van der Waals surface area contributed by atoms with Crippen molar-refractivity contribution in [1.82, 2.24) is 5.32 Å². The van der Waals surface area contributed by atoms with Crippen molar-refractivity contribution >= 4 is 23.2 Å². The molecule has 0 atom stereocenters. The van der Waals surface area contributed by atoms with Crippen molar-refractivity contribution in [3.8, 4) is 5.75 Å². The zero-order valence-electron chi connectivity index (χ0n) is 17.0. The Morgan fingerprint density at radius 3 is 2.93 bits per heavy atom. The molecule has 6 nitrogen and oxygen atoms in total. The van der Waals surface area contributed by atoms with Crippen LogP contribution in [0.5, 0.6) is 5.75 Å². The second-order valence-corrected chi connectivity index (χ2v) is 8.11. The van der Waals surface area contributed by atoms with E-state index in [1.54, 1.807) is 32.0 Å². The van der Waals surface area contributed by atoms with E-state index in [2.05, 4.69) is 39.8 Å². The van der Waals surface area contributed by atoms with Crippen LogP contribution in [0, 0.1) is 0 Å². The number of hydrogen-bond acceptors (Lipinski definition) is 4. The lowest BCUT2D eigenvalue weighted by molar-refractivity contribution is -0.129. The van der Waals surface area contributed by atoms with Gasteiger partial charge in [-0.05, 0) is 62.9 Å². The Hall–Kier alpha value is -3.02. The van der Waals surface area contributed by atoms with Gasteiger partial charge in [-0.15, -0.1) is 0 Å². The van der Waals surface area contributed by atoms with Crippen molar-refractivity contribution in [2.75, 3.05) is 29.9 Å². The highest BCUT2D eigenvalue weighted by atomic mass is 16.5. The van der Waals surface area contributed by atoms with Crippen LogP contribution in [0.4, 0.5) is 11.4 Å². The number of carbonyl (C=O) groups is 2. The lowest BCUT2D eigenvalue weighted by atomic mass is 10.0. The van der Waals surface area contributed by atoms with E-state index in [4.69, 9.17) is 4.74 Å². The average molecular weight is 393 g/mol. The summed E-state index contributed by atoms with van der Waals surface area (Å²) in [6, 6.07) is 13.7. The van der Waals surface area contributed by atoms with Crippen molar-refractivity contribution in [2.45, 2.75) is 38.7 Å². The Kier molecular flexibility index (Phi) is 5.18. The molecule has 4 rings (SSSR count). The Morgan fingerprint density at radius 1 is 1.24 bits per heavy atom. The third-order valence-electron chi connectivity index (χ3n) is 5.50. The number of nitrogens with one attached hydrogen (secondary N) is 2. The van der Waals surface area contributed by atoms with Crippen LogP contribution in [0.1, 0.15) is 42.6 Å². The van der Waals surface area contributed by atoms with Crippen molar-refractivity contribution in [1.29, 1.82) is 0 Å². The van der Waals surface area contributed by atoms with E-state index < -0.39 is 5.60 Å². The van der Waals surface area contributed by atoms with Gasteiger partial charge < -0.3 is 20.3 Å². The molecule has 29 heavy (non-hydrogen) atoms. The van der Waals surface area contributed by atoms with Crippen molar-refractivity contribution in [2.24, 2.45) is 0 Å². The minimum atomic E-state index is -0.913. The molecular weight excluding hydrogens is 366 g/mol. The maximum atomic E-state index is 12.5. The van der Waals surface area contributed by atoms with E-state index in [9.17, 15) is 9.59 Å². The largest absolute Gasteiger partial charge is 0.476 e. The molecule has 0 spiro atoms. The molecule has 152 valence electrons. The van der Waals surface area contributed by atoms with E-state index in [0.29, 0.717) is 23.5 Å². The highest BCUT2D eigenvalue weighted by Crippen LogP contribution is 2.34. The van der Waals surface area contributed by atoms with Gasteiger partial charge in [-0.1, -0.05) is 18.2 Å². The average Bonchev–Trinajstić information content (AvgIpc) is 2.71. The lowest BCUT2D eigenvalue weighted by Crippen LogP contribution is -2.45. The molecular formula is C23H27N3O3. The van der Waals surface area contributed by atoms with Crippen molar-refractivity contribution in [3.05, 3.63) is 53.6 Å². The molecule has 2 heterocycles. The number of fused-ring (bicyclic) bond motifs is 2. The summed E-state index contributed by atoms with van der Waals surface area (Å²) in [5, 5.41) is 5.79. The van der Waals surface area contributed by atoms with Gasteiger partial charge in [-0.25, -0.2) is 0 Å². The second kappa shape index (κ2) is 7.78. The molecule has 0 fully saturated rings. The van der Waals surface area contributed by atoms with Gasteiger partial charge in [0.05, 0.1) is 5.69 Å². The van der Waals surface area contributed by atoms with E-state index >= 15 is 0 Å². The summed E-state index contributed by atoms with van der Waals surface area (Å²) in [6.07, 6.45) is 3.18. The Balaban J connectivity index is 1.31. The summed E-state index contributed by atoms with van der Waals surface area (Å²) in [6.45, 7) is 6.01. The van der Waals surface area contributed by atoms with Crippen LogP contribution in [0.15, 0.2) is 42.5 Å². The zero-order chi connectivity index (χ0) is 20.4.